The van der Waals surface area contributed by atoms with Crippen molar-refractivity contribution in [2.24, 2.45) is 0 Å². The number of carbonyl (C=O) groups is 1. The molecular weight excluding hydrogens is 446 g/mol. The normalized spacial score (nSPS) is 19.3. The minimum Gasteiger partial charge on any atom is -0.490 e. The second-order valence-corrected chi connectivity index (χ2v) is 9.86. The van der Waals surface area contributed by atoms with Gasteiger partial charge in [0.05, 0.1) is 6.20 Å². The number of nitrogens with one attached hydrogen (secondary N) is 2. The highest BCUT2D eigenvalue weighted by molar-refractivity contribution is 5.95. The number of aromatic nitrogens is 4. The van der Waals surface area contributed by atoms with Gasteiger partial charge >= 0.3 is 0 Å². The van der Waals surface area contributed by atoms with Crippen molar-refractivity contribution >= 4 is 22.9 Å². The molecule has 6 rings (SSSR count). The third-order valence-corrected chi connectivity index (χ3v) is 7.67. The van der Waals surface area contributed by atoms with Crippen molar-refractivity contribution in [3.8, 4) is 5.75 Å². The summed E-state index contributed by atoms with van der Waals surface area (Å²) in [5.41, 5.74) is 1.63. The Kier molecular flexibility index (Phi) is 5.47. The lowest BCUT2D eigenvalue weighted by Crippen LogP contribution is -2.48. The molecule has 5 heterocycles. The Morgan fingerprint density at radius 1 is 1.11 bits per heavy atom. The van der Waals surface area contributed by atoms with E-state index in [1.165, 1.54) is 19.2 Å². The second kappa shape index (κ2) is 8.67. The van der Waals surface area contributed by atoms with Gasteiger partial charge in [-0.2, -0.15) is 5.10 Å². The predicted octanol–water partition coefficient (Wildman–Crippen LogP) is 2.78. The summed E-state index contributed by atoms with van der Waals surface area (Å²) < 4.78 is 9.48. The summed E-state index contributed by atoms with van der Waals surface area (Å²) in [6.07, 6.45) is 10.5. The van der Waals surface area contributed by atoms with Crippen LogP contribution in [0.2, 0.25) is 0 Å². The largest absolute Gasteiger partial charge is 0.490 e. The molecule has 0 bridgehead atoms. The average Bonchev–Trinajstić information content (AvgIpc) is 3.55. The molecule has 35 heavy (non-hydrogen) atoms. The van der Waals surface area contributed by atoms with Crippen LogP contribution in [-0.4, -0.2) is 56.2 Å². The van der Waals surface area contributed by atoms with Gasteiger partial charge in [0.25, 0.3) is 11.5 Å². The number of ether oxygens (including phenoxy) is 1. The van der Waals surface area contributed by atoms with Crippen LogP contribution < -0.4 is 20.9 Å². The van der Waals surface area contributed by atoms with E-state index in [1.54, 1.807) is 21.2 Å². The topological polar surface area (TPSA) is 106 Å². The Balaban J connectivity index is 1.30. The molecule has 0 radical (unpaired) electrons. The summed E-state index contributed by atoms with van der Waals surface area (Å²) in [5.74, 6) is 1.10. The van der Waals surface area contributed by atoms with Crippen LogP contribution in [0, 0.1) is 6.92 Å². The minimum absolute atomic E-state index is 0.182. The van der Waals surface area contributed by atoms with Crippen LogP contribution in [0.5, 0.6) is 5.75 Å². The Hall–Kier alpha value is -3.40. The lowest BCUT2D eigenvalue weighted by Gasteiger charge is -2.35. The fourth-order valence-corrected chi connectivity index (χ4v) is 5.85. The van der Waals surface area contributed by atoms with Gasteiger partial charge in [0.1, 0.15) is 41.2 Å². The number of fused-ring (bicyclic) bond motifs is 3. The molecule has 3 aliphatic rings. The molecular formula is C25H31N7O3. The van der Waals surface area contributed by atoms with Gasteiger partial charge in [-0.1, -0.05) is 6.42 Å². The summed E-state index contributed by atoms with van der Waals surface area (Å²) in [5, 5.41) is 10.7. The van der Waals surface area contributed by atoms with Crippen molar-refractivity contribution in [3.63, 3.8) is 0 Å². The van der Waals surface area contributed by atoms with Crippen LogP contribution in [0.15, 0.2) is 29.5 Å². The molecule has 2 aliphatic heterocycles. The van der Waals surface area contributed by atoms with Crippen molar-refractivity contribution in [3.05, 3.63) is 46.3 Å². The molecule has 1 saturated heterocycles. The molecule has 2 fully saturated rings. The molecule has 1 aliphatic carbocycles. The molecule has 2 N–H and O–H groups in total. The van der Waals surface area contributed by atoms with E-state index in [2.05, 4.69) is 25.6 Å². The van der Waals surface area contributed by atoms with Gasteiger partial charge < -0.3 is 15.4 Å². The van der Waals surface area contributed by atoms with Crippen molar-refractivity contribution in [1.82, 2.24) is 29.4 Å². The van der Waals surface area contributed by atoms with E-state index in [1.807, 2.05) is 13.1 Å². The van der Waals surface area contributed by atoms with E-state index in [0.29, 0.717) is 23.8 Å². The molecule has 0 aromatic carbocycles. The maximum absolute atomic E-state index is 13.6. The van der Waals surface area contributed by atoms with Crippen LogP contribution in [0.25, 0.3) is 5.52 Å². The number of amides is 1. The molecule has 1 amide bonds. The van der Waals surface area contributed by atoms with Crippen molar-refractivity contribution in [2.45, 2.75) is 57.5 Å². The van der Waals surface area contributed by atoms with Crippen molar-refractivity contribution in [1.29, 1.82) is 0 Å². The van der Waals surface area contributed by atoms with Crippen molar-refractivity contribution in [2.75, 3.05) is 31.6 Å². The summed E-state index contributed by atoms with van der Waals surface area (Å²) in [4.78, 5) is 33.1. The first-order valence-electron chi connectivity index (χ1n) is 12.6. The highest BCUT2D eigenvalue weighted by Gasteiger charge is 2.44. The number of pyridine rings is 1. The van der Waals surface area contributed by atoms with E-state index in [9.17, 15) is 9.59 Å². The Morgan fingerprint density at radius 2 is 1.91 bits per heavy atom. The zero-order valence-electron chi connectivity index (χ0n) is 20.0. The molecule has 3 aromatic rings. The van der Waals surface area contributed by atoms with Crippen LogP contribution in [0.1, 0.15) is 61.0 Å². The molecule has 0 unspecified atom stereocenters. The van der Waals surface area contributed by atoms with Crippen LogP contribution in [0.3, 0.4) is 0 Å². The zero-order chi connectivity index (χ0) is 24.0. The van der Waals surface area contributed by atoms with E-state index in [-0.39, 0.29) is 11.5 Å². The highest BCUT2D eigenvalue weighted by atomic mass is 16.5. The first kappa shape index (κ1) is 22.1. The first-order chi connectivity index (χ1) is 17.1. The number of aryl methyl sites for hydroxylation is 1. The fraction of sp³-hybridized carbons (Fsp3) is 0.520. The maximum Gasteiger partial charge on any atom is 0.276 e. The smallest absolute Gasteiger partial charge is 0.276 e. The molecule has 1 spiro atoms. The summed E-state index contributed by atoms with van der Waals surface area (Å²) in [6, 6.07) is 3.39. The zero-order valence-corrected chi connectivity index (χ0v) is 20.0. The van der Waals surface area contributed by atoms with E-state index in [0.717, 1.165) is 68.6 Å². The predicted molar refractivity (Wildman–Crippen MR) is 131 cm³/mol. The average molecular weight is 478 g/mol. The third-order valence-electron chi connectivity index (χ3n) is 7.67. The molecule has 0 atom stereocenters. The third kappa shape index (κ3) is 3.76. The standard InChI is InChI=1S/C25H31N7O3/c1-17-20(35-14-13-30-11-5-6-12-30)15-31-21(17)22(26-16-27-31)28-18-7-8-19-23(33)29-25(32(19)24(18)34)9-3-2-4-10-25/h7-8,15-16H,2-6,9-14H2,1H3,(H,29,33)(H,26,27,28). The monoisotopic (exact) mass is 477 g/mol. The SMILES string of the molecule is Cc1c(OCCN2CCCC2)cn2ncnc(Nc3ccc4n(c3=O)C3(CCCCC3)NC4=O)c12. The van der Waals surface area contributed by atoms with Gasteiger partial charge in [-0.15, -0.1) is 0 Å². The lowest BCUT2D eigenvalue weighted by atomic mass is 9.89. The number of likely N-dealkylation sites (tertiary alicyclic amines) is 1. The van der Waals surface area contributed by atoms with Gasteiger partial charge in [-0.25, -0.2) is 9.50 Å². The second-order valence-electron chi connectivity index (χ2n) is 9.86. The van der Waals surface area contributed by atoms with Crippen molar-refractivity contribution < 1.29 is 9.53 Å². The first-order valence-corrected chi connectivity index (χ1v) is 12.6. The van der Waals surface area contributed by atoms with Gasteiger partial charge in [-0.3, -0.25) is 19.1 Å². The Bertz CT molecular complexity index is 1330. The van der Waals surface area contributed by atoms with Gasteiger partial charge in [-0.05, 0) is 70.7 Å². The number of hydrogen-bond acceptors (Lipinski definition) is 7. The molecule has 3 aromatic heterocycles. The van der Waals surface area contributed by atoms with Gasteiger partial charge in [0.15, 0.2) is 5.82 Å². The Labute approximate surface area is 203 Å². The number of rotatable bonds is 6. The summed E-state index contributed by atoms with van der Waals surface area (Å²) in [6.45, 7) is 5.77. The number of anilines is 2. The van der Waals surface area contributed by atoms with E-state index in [4.69, 9.17) is 4.74 Å². The fourth-order valence-electron chi connectivity index (χ4n) is 5.85. The minimum atomic E-state index is -0.623. The summed E-state index contributed by atoms with van der Waals surface area (Å²) in [7, 11) is 0. The van der Waals surface area contributed by atoms with Crippen LogP contribution in [-0.2, 0) is 5.66 Å². The highest BCUT2D eigenvalue weighted by Crippen LogP contribution is 2.37. The maximum atomic E-state index is 13.6. The Morgan fingerprint density at radius 3 is 2.71 bits per heavy atom. The number of carbonyl (C=O) groups excluding carboxylic acids is 1. The lowest BCUT2D eigenvalue weighted by molar-refractivity contribution is 0.0877. The van der Waals surface area contributed by atoms with Gasteiger partial charge in [0.2, 0.25) is 0 Å². The number of hydrogen-bond donors (Lipinski definition) is 2. The number of nitrogens with zero attached hydrogens (tertiary/aromatic N) is 5. The van der Waals surface area contributed by atoms with Crippen LogP contribution >= 0.6 is 0 Å². The van der Waals surface area contributed by atoms with Gasteiger partial charge in [0, 0.05) is 12.1 Å². The van der Waals surface area contributed by atoms with Crippen LogP contribution in [0.4, 0.5) is 11.5 Å². The molecule has 10 heteroatoms. The summed E-state index contributed by atoms with van der Waals surface area (Å²) >= 11 is 0. The quantitative estimate of drug-likeness (QED) is 0.562. The van der Waals surface area contributed by atoms with E-state index >= 15 is 0 Å². The molecule has 1 saturated carbocycles. The van der Waals surface area contributed by atoms with E-state index < -0.39 is 5.66 Å². The molecule has 10 nitrogen and oxygen atoms in total. The molecule has 184 valence electrons.